The predicted octanol–water partition coefficient (Wildman–Crippen LogP) is 3.64. The molecule has 0 aliphatic carbocycles. The van der Waals surface area contributed by atoms with Gasteiger partial charge in [0.05, 0.1) is 5.56 Å². The lowest BCUT2D eigenvalue weighted by molar-refractivity contribution is -0.137. The van der Waals surface area contributed by atoms with Crippen LogP contribution in [0.25, 0.3) is 0 Å². The Morgan fingerprint density at radius 1 is 1.31 bits per heavy atom. The van der Waals surface area contributed by atoms with Crippen molar-refractivity contribution in [1.29, 1.82) is 0 Å². The number of benzene rings is 1. The highest BCUT2D eigenvalue weighted by molar-refractivity contribution is 8.22. The molecule has 16 heavy (non-hydrogen) atoms. The molecule has 1 rings (SSSR count). The van der Waals surface area contributed by atoms with E-state index in [9.17, 15) is 13.2 Å². The molecule has 1 aromatic carbocycles. The van der Waals surface area contributed by atoms with Crippen LogP contribution in [-0.4, -0.2) is 23.3 Å². The van der Waals surface area contributed by atoms with Gasteiger partial charge in [0.1, 0.15) is 4.32 Å². The lowest BCUT2D eigenvalue weighted by Crippen LogP contribution is -2.15. The fraction of sp³-hybridized carbons (Fsp3) is 0.300. The smallest absolute Gasteiger partial charge is 0.363 e. The summed E-state index contributed by atoms with van der Waals surface area (Å²) in [5, 5.41) is 0. The molecule has 1 nitrogen and oxygen atoms in total. The van der Waals surface area contributed by atoms with Crippen molar-refractivity contribution < 1.29 is 13.2 Å². The van der Waals surface area contributed by atoms with E-state index in [1.54, 1.807) is 25.1 Å². The maximum absolute atomic E-state index is 12.4. The lowest BCUT2D eigenvalue weighted by Gasteiger charge is -2.13. The molecule has 0 aliphatic heterocycles. The number of thioether (sulfide) groups is 1. The van der Waals surface area contributed by atoms with Gasteiger partial charge < -0.3 is 4.90 Å². The topological polar surface area (TPSA) is 3.24 Å². The van der Waals surface area contributed by atoms with E-state index in [-0.39, 0.29) is 0 Å². The second kappa shape index (κ2) is 5.05. The molecule has 0 saturated heterocycles. The molecule has 0 N–H and O–H groups in total. The number of halogens is 3. The van der Waals surface area contributed by atoms with Crippen molar-refractivity contribution in [2.45, 2.75) is 11.1 Å². The van der Waals surface area contributed by atoms with Gasteiger partial charge in [-0.2, -0.15) is 13.2 Å². The third-order valence-corrected chi connectivity index (χ3v) is 3.38. The largest absolute Gasteiger partial charge is 0.416 e. The molecule has 88 valence electrons. The minimum atomic E-state index is -4.31. The average Bonchev–Trinajstić information content (AvgIpc) is 2.16. The zero-order chi connectivity index (χ0) is 12.3. The summed E-state index contributed by atoms with van der Waals surface area (Å²) < 4.78 is 37.8. The summed E-state index contributed by atoms with van der Waals surface area (Å²) in [6, 6.07) is 5.13. The third-order valence-electron chi connectivity index (χ3n) is 1.73. The monoisotopic (exact) mass is 265 g/mol. The van der Waals surface area contributed by atoms with Crippen molar-refractivity contribution in [1.82, 2.24) is 4.90 Å². The standard InChI is InChI=1S/C10H10F3NS2/c1-14(2)9(15)16-8-5-3-4-7(6-8)10(11,12)13/h3-6H,1-2H3. The van der Waals surface area contributed by atoms with Crippen LogP contribution in [0.3, 0.4) is 0 Å². The van der Waals surface area contributed by atoms with E-state index in [0.717, 1.165) is 23.9 Å². The van der Waals surface area contributed by atoms with Crippen LogP contribution in [-0.2, 0) is 6.18 Å². The van der Waals surface area contributed by atoms with Crippen molar-refractivity contribution in [3.63, 3.8) is 0 Å². The summed E-state index contributed by atoms with van der Waals surface area (Å²) in [5.41, 5.74) is -0.654. The minimum Gasteiger partial charge on any atom is -0.363 e. The molecule has 0 heterocycles. The summed E-state index contributed by atoms with van der Waals surface area (Å²) in [6.45, 7) is 0. The second-order valence-electron chi connectivity index (χ2n) is 3.29. The van der Waals surface area contributed by atoms with E-state index in [4.69, 9.17) is 12.2 Å². The van der Waals surface area contributed by atoms with E-state index in [2.05, 4.69) is 0 Å². The highest BCUT2D eigenvalue weighted by Crippen LogP contribution is 2.32. The van der Waals surface area contributed by atoms with Gasteiger partial charge in [0.2, 0.25) is 0 Å². The molecule has 0 fully saturated rings. The van der Waals surface area contributed by atoms with Gasteiger partial charge in [-0.25, -0.2) is 0 Å². The molecule has 0 atom stereocenters. The molecule has 0 unspecified atom stereocenters. The van der Waals surface area contributed by atoms with E-state index in [0.29, 0.717) is 9.22 Å². The number of hydrogen-bond donors (Lipinski definition) is 0. The summed E-state index contributed by atoms with van der Waals surface area (Å²) >= 11 is 6.14. The number of hydrogen-bond acceptors (Lipinski definition) is 2. The van der Waals surface area contributed by atoms with Crippen molar-refractivity contribution >= 4 is 28.3 Å². The third kappa shape index (κ3) is 3.68. The summed E-state index contributed by atoms with van der Waals surface area (Å²) in [6.07, 6.45) is -4.31. The first-order valence-corrected chi connectivity index (χ1v) is 5.59. The van der Waals surface area contributed by atoms with Gasteiger partial charge in [-0.05, 0) is 18.2 Å². The van der Waals surface area contributed by atoms with E-state index >= 15 is 0 Å². The maximum Gasteiger partial charge on any atom is 0.416 e. The molecule has 0 aromatic heterocycles. The molecule has 0 bridgehead atoms. The van der Waals surface area contributed by atoms with Gasteiger partial charge in [-0.3, -0.25) is 0 Å². The maximum atomic E-state index is 12.4. The minimum absolute atomic E-state index is 0.494. The molecule has 0 amide bonds. The van der Waals surface area contributed by atoms with Crippen molar-refractivity contribution in [3.8, 4) is 0 Å². The fourth-order valence-corrected chi connectivity index (χ4v) is 1.93. The molecule has 1 aromatic rings. The van der Waals surface area contributed by atoms with Crippen LogP contribution in [0.5, 0.6) is 0 Å². The van der Waals surface area contributed by atoms with E-state index in [1.807, 2.05) is 0 Å². The Morgan fingerprint density at radius 2 is 1.94 bits per heavy atom. The summed E-state index contributed by atoms with van der Waals surface area (Å²) in [4.78, 5) is 2.17. The van der Waals surface area contributed by atoms with Gasteiger partial charge in [-0.15, -0.1) is 0 Å². The average molecular weight is 265 g/mol. The number of nitrogens with zero attached hydrogens (tertiary/aromatic N) is 1. The van der Waals surface area contributed by atoms with E-state index in [1.165, 1.54) is 6.07 Å². The van der Waals surface area contributed by atoms with Crippen molar-refractivity contribution in [3.05, 3.63) is 29.8 Å². The summed E-state index contributed by atoms with van der Waals surface area (Å²) in [5.74, 6) is 0. The first-order chi connectivity index (χ1) is 7.30. The lowest BCUT2D eigenvalue weighted by atomic mass is 10.2. The summed E-state index contributed by atoms with van der Waals surface area (Å²) in [7, 11) is 3.51. The number of rotatable bonds is 1. The Balaban J connectivity index is 2.88. The van der Waals surface area contributed by atoms with Gasteiger partial charge in [-0.1, -0.05) is 30.0 Å². The Bertz CT molecular complexity index is 388. The first kappa shape index (κ1) is 13.3. The van der Waals surface area contributed by atoms with Gasteiger partial charge in [0, 0.05) is 19.0 Å². The Labute approximate surface area is 102 Å². The molecule has 0 aliphatic rings. The first-order valence-electron chi connectivity index (χ1n) is 4.37. The highest BCUT2D eigenvalue weighted by atomic mass is 32.2. The Kier molecular flexibility index (Phi) is 4.21. The van der Waals surface area contributed by atoms with Gasteiger partial charge >= 0.3 is 6.18 Å². The van der Waals surface area contributed by atoms with Crippen LogP contribution in [0, 0.1) is 0 Å². The second-order valence-corrected chi connectivity index (χ2v) is 5.00. The van der Waals surface area contributed by atoms with Gasteiger partial charge in [0.15, 0.2) is 0 Å². The fourth-order valence-electron chi connectivity index (χ4n) is 0.928. The highest BCUT2D eigenvalue weighted by Gasteiger charge is 2.30. The number of thiocarbonyl (C=S) groups is 1. The quantitative estimate of drug-likeness (QED) is 0.564. The zero-order valence-electron chi connectivity index (χ0n) is 8.71. The SMILES string of the molecule is CN(C)C(=S)Sc1cccc(C(F)(F)F)c1. The molecular formula is C10H10F3NS2. The zero-order valence-corrected chi connectivity index (χ0v) is 10.3. The van der Waals surface area contributed by atoms with E-state index < -0.39 is 11.7 Å². The molecular weight excluding hydrogens is 255 g/mol. The number of alkyl halides is 3. The molecule has 0 radical (unpaired) electrons. The van der Waals surface area contributed by atoms with Gasteiger partial charge in [0.25, 0.3) is 0 Å². The van der Waals surface area contributed by atoms with Crippen LogP contribution < -0.4 is 0 Å². The van der Waals surface area contributed by atoms with Crippen molar-refractivity contribution in [2.24, 2.45) is 0 Å². The van der Waals surface area contributed by atoms with Crippen LogP contribution in [0.2, 0.25) is 0 Å². The van der Waals surface area contributed by atoms with Crippen LogP contribution in [0.4, 0.5) is 13.2 Å². The van der Waals surface area contributed by atoms with Crippen LogP contribution in [0.15, 0.2) is 29.2 Å². The van der Waals surface area contributed by atoms with Crippen molar-refractivity contribution in [2.75, 3.05) is 14.1 Å². The molecule has 0 spiro atoms. The predicted molar refractivity (Wildman–Crippen MR) is 63.6 cm³/mol. The normalized spacial score (nSPS) is 11.3. The Morgan fingerprint density at radius 3 is 2.44 bits per heavy atom. The Hall–Kier alpha value is -0.750. The molecule has 6 heteroatoms. The molecule has 0 saturated carbocycles. The van der Waals surface area contributed by atoms with Crippen LogP contribution >= 0.6 is 24.0 Å². The van der Waals surface area contributed by atoms with Crippen LogP contribution in [0.1, 0.15) is 5.56 Å².